The van der Waals surface area contributed by atoms with Gasteiger partial charge in [-0.05, 0) is 48.1 Å². The first-order valence-electron chi connectivity index (χ1n) is 6.46. The Kier molecular flexibility index (Phi) is 4.58. The molecule has 0 unspecified atom stereocenters. The molecule has 0 atom stereocenters. The molecule has 0 saturated heterocycles. The van der Waals surface area contributed by atoms with Crippen molar-refractivity contribution in [2.75, 3.05) is 11.6 Å². The van der Waals surface area contributed by atoms with Crippen molar-refractivity contribution >= 4 is 28.8 Å². The van der Waals surface area contributed by atoms with Gasteiger partial charge in [-0.3, -0.25) is 0 Å². The molecule has 0 spiro atoms. The van der Waals surface area contributed by atoms with E-state index in [1.165, 1.54) is 20.3 Å². The summed E-state index contributed by atoms with van der Waals surface area (Å²) in [7, 11) is 0. The normalized spacial score (nSPS) is 11.6. The Morgan fingerprint density at radius 2 is 1.74 bits per heavy atom. The molecule has 0 amide bonds. The van der Waals surface area contributed by atoms with E-state index >= 15 is 0 Å². The second kappa shape index (κ2) is 6.02. The molecular formula is C16H21NS2. The minimum atomic E-state index is 0.253. The molecule has 2 aromatic rings. The Hall–Kier alpha value is -0.930. The average molecular weight is 291 g/mol. The maximum Gasteiger partial charge on any atom is 0.0494 e. The second-order valence-corrected chi connectivity index (χ2v) is 7.65. The van der Waals surface area contributed by atoms with Gasteiger partial charge in [0.15, 0.2) is 0 Å². The van der Waals surface area contributed by atoms with Crippen molar-refractivity contribution in [3.63, 3.8) is 0 Å². The van der Waals surface area contributed by atoms with Gasteiger partial charge in [-0.15, -0.1) is 23.1 Å². The van der Waals surface area contributed by atoms with Crippen molar-refractivity contribution in [1.82, 2.24) is 0 Å². The number of hydrogen-bond donors (Lipinski definition) is 1. The van der Waals surface area contributed by atoms with Crippen LogP contribution in [0.15, 0.2) is 41.3 Å². The van der Waals surface area contributed by atoms with Crippen molar-refractivity contribution in [3.8, 4) is 0 Å². The molecule has 19 heavy (non-hydrogen) atoms. The lowest BCUT2D eigenvalue weighted by Crippen LogP contribution is -2.07. The van der Waals surface area contributed by atoms with Crippen molar-refractivity contribution in [2.24, 2.45) is 0 Å². The standard InChI is InChI=1S/C16H21NS2/c1-16(2,3)15-10-9-14(19-15)11-17-12-5-7-13(18-4)8-6-12/h5-10,17H,11H2,1-4H3. The number of hydrogen-bond acceptors (Lipinski definition) is 3. The fourth-order valence-corrected chi connectivity index (χ4v) is 3.19. The molecule has 1 N–H and O–H groups in total. The molecule has 0 aliphatic rings. The molecule has 1 aromatic heterocycles. The van der Waals surface area contributed by atoms with E-state index < -0.39 is 0 Å². The van der Waals surface area contributed by atoms with Crippen molar-refractivity contribution in [3.05, 3.63) is 46.2 Å². The number of thiophene rings is 1. The van der Waals surface area contributed by atoms with Gasteiger partial charge >= 0.3 is 0 Å². The van der Waals surface area contributed by atoms with Crippen LogP contribution in [0.5, 0.6) is 0 Å². The summed E-state index contributed by atoms with van der Waals surface area (Å²) in [6, 6.07) is 13.1. The van der Waals surface area contributed by atoms with Crippen LogP contribution in [-0.4, -0.2) is 6.26 Å². The van der Waals surface area contributed by atoms with Crippen LogP contribution in [0.1, 0.15) is 30.5 Å². The molecule has 0 aliphatic heterocycles. The van der Waals surface area contributed by atoms with Crippen LogP contribution in [0.2, 0.25) is 0 Å². The largest absolute Gasteiger partial charge is 0.380 e. The number of rotatable bonds is 4. The Balaban J connectivity index is 1.96. The zero-order valence-electron chi connectivity index (χ0n) is 12.0. The van der Waals surface area contributed by atoms with E-state index in [9.17, 15) is 0 Å². The minimum Gasteiger partial charge on any atom is -0.380 e. The van der Waals surface area contributed by atoms with Gasteiger partial charge < -0.3 is 5.32 Å². The zero-order chi connectivity index (χ0) is 13.9. The topological polar surface area (TPSA) is 12.0 Å². The Morgan fingerprint density at radius 1 is 1.05 bits per heavy atom. The summed E-state index contributed by atoms with van der Waals surface area (Å²) in [6.45, 7) is 7.69. The molecule has 1 heterocycles. The summed E-state index contributed by atoms with van der Waals surface area (Å²) in [4.78, 5) is 4.14. The first kappa shape index (κ1) is 14.5. The predicted octanol–water partition coefficient (Wildman–Crippen LogP) is 5.38. The quantitative estimate of drug-likeness (QED) is 0.759. The second-order valence-electron chi connectivity index (χ2n) is 5.60. The summed E-state index contributed by atoms with van der Waals surface area (Å²) >= 11 is 3.67. The number of nitrogens with one attached hydrogen (secondary N) is 1. The SMILES string of the molecule is CSc1ccc(NCc2ccc(C(C)(C)C)s2)cc1. The Labute approximate surface area is 124 Å². The molecule has 1 nitrogen and oxygen atoms in total. The summed E-state index contributed by atoms with van der Waals surface area (Å²) in [5, 5.41) is 3.48. The predicted molar refractivity (Wildman–Crippen MR) is 88.6 cm³/mol. The molecule has 0 aliphatic carbocycles. The highest BCUT2D eigenvalue weighted by Gasteiger charge is 2.15. The van der Waals surface area contributed by atoms with Gasteiger partial charge in [0.05, 0.1) is 0 Å². The van der Waals surface area contributed by atoms with Gasteiger partial charge in [0.2, 0.25) is 0 Å². The van der Waals surface area contributed by atoms with Crippen molar-refractivity contribution in [1.29, 1.82) is 0 Å². The molecule has 102 valence electrons. The van der Waals surface area contributed by atoms with Crippen LogP contribution in [0.4, 0.5) is 5.69 Å². The van der Waals surface area contributed by atoms with E-state index in [0.29, 0.717) is 0 Å². The molecule has 3 heteroatoms. The van der Waals surface area contributed by atoms with Gasteiger partial charge in [-0.25, -0.2) is 0 Å². The third kappa shape index (κ3) is 4.02. The molecular weight excluding hydrogens is 270 g/mol. The van der Waals surface area contributed by atoms with Gasteiger partial charge in [0.1, 0.15) is 0 Å². The monoisotopic (exact) mass is 291 g/mol. The first-order chi connectivity index (χ1) is 8.99. The van der Waals surface area contributed by atoms with E-state index in [4.69, 9.17) is 0 Å². The number of anilines is 1. The summed E-state index contributed by atoms with van der Waals surface area (Å²) in [5.41, 5.74) is 1.44. The summed E-state index contributed by atoms with van der Waals surface area (Å²) in [5.74, 6) is 0. The summed E-state index contributed by atoms with van der Waals surface area (Å²) in [6.07, 6.45) is 2.10. The molecule has 0 saturated carbocycles. The van der Waals surface area contributed by atoms with E-state index in [-0.39, 0.29) is 5.41 Å². The van der Waals surface area contributed by atoms with Gasteiger partial charge in [0, 0.05) is 26.9 Å². The van der Waals surface area contributed by atoms with E-state index in [1.54, 1.807) is 11.8 Å². The maximum atomic E-state index is 3.48. The highest BCUT2D eigenvalue weighted by atomic mass is 32.2. The van der Waals surface area contributed by atoms with Crippen LogP contribution in [0, 0.1) is 0 Å². The molecule has 1 aromatic carbocycles. The first-order valence-corrected chi connectivity index (χ1v) is 8.50. The van der Waals surface area contributed by atoms with Gasteiger partial charge in [-0.1, -0.05) is 20.8 Å². The van der Waals surface area contributed by atoms with Crippen LogP contribution in [0.25, 0.3) is 0 Å². The van der Waals surface area contributed by atoms with Crippen LogP contribution >= 0.6 is 23.1 Å². The zero-order valence-corrected chi connectivity index (χ0v) is 13.6. The maximum absolute atomic E-state index is 3.48. The highest BCUT2D eigenvalue weighted by Crippen LogP contribution is 2.29. The fraction of sp³-hybridized carbons (Fsp3) is 0.375. The fourth-order valence-electron chi connectivity index (χ4n) is 1.77. The Morgan fingerprint density at radius 3 is 2.26 bits per heavy atom. The van der Waals surface area contributed by atoms with Crippen molar-refractivity contribution < 1.29 is 0 Å². The minimum absolute atomic E-state index is 0.253. The lowest BCUT2D eigenvalue weighted by Gasteiger charge is -2.15. The van der Waals surface area contributed by atoms with E-state index in [2.05, 4.69) is 68.7 Å². The lowest BCUT2D eigenvalue weighted by atomic mass is 9.95. The van der Waals surface area contributed by atoms with Gasteiger partial charge in [0.25, 0.3) is 0 Å². The van der Waals surface area contributed by atoms with Crippen LogP contribution in [-0.2, 0) is 12.0 Å². The van der Waals surface area contributed by atoms with Crippen molar-refractivity contribution in [2.45, 2.75) is 37.6 Å². The Bertz CT molecular complexity index is 520. The van der Waals surface area contributed by atoms with Gasteiger partial charge in [-0.2, -0.15) is 0 Å². The van der Waals surface area contributed by atoms with E-state index in [1.807, 2.05) is 11.3 Å². The highest BCUT2D eigenvalue weighted by molar-refractivity contribution is 7.98. The third-order valence-electron chi connectivity index (χ3n) is 2.96. The average Bonchev–Trinajstić information content (AvgIpc) is 2.86. The molecule has 0 radical (unpaired) electrons. The van der Waals surface area contributed by atoms with E-state index in [0.717, 1.165) is 6.54 Å². The number of thioether (sulfide) groups is 1. The third-order valence-corrected chi connectivity index (χ3v) is 5.21. The lowest BCUT2D eigenvalue weighted by molar-refractivity contribution is 0.604. The smallest absolute Gasteiger partial charge is 0.0494 e. The van der Waals surface area contributed by atoms with Crippen LogP contribution < -0.4 is 5.32 Å². The number of benzene rings is 1. The molecule has 0 bridgehead atoms. The summed E-state index contributed by atoms with van der Waals surface area (Å²) < 4.78 is 0. The molecule has 0 fully saturated rings. The van der Waals surface area contributed by atoms with Crippen LogP contribution in [0.3, 0.4) is 0 Å². The molecule has 2 rings (SSSR count).